The molecule has 0 aliphatic heterocycles. The first kappa shape index (κ1) is 26.9. The van der Waals surface area contributed by atoms with Crippen molar-refractivity contribution in [2.24, 2.45) is 0 Å². The Kier molecular flexibility index (Phi) is 9.19. The van der Waals surface area contributed by atoms with Gasteiger partial charge in [-0.05, 0) is 34.2 Å². The monoisotopic (exact) mass is 538 g/mol. The molecule has 0 unspecified atom stereocenters. The molecular formula is C22H22Cl2N5O7+. The highest BCUT2D eigenvalue weighted by atomic mass is 35.5. The first-order valence-electron chi connectivity index (χ1n) is 10.4. The molecule has 2 aromatic carbocycles. The summed E-state index contributed by atoms with van der Waals surface area (Å²) in [5.74, 6) is -2.43. The van der Waals surface area contributed by atoms with Crippen molar-refractivity contribution < 1.29 is 33.5 Å². The van der Waals surface area contributed by atoms with E-state index in [2.05, 4.69) is 20.5 Å². The molecule has 12 nitrogen and oxygen atoms in total. The molecule has 4 N–H and O–H groups in total. The van der Waals surface area contributed by atoms with Crippen molar-refractivity contribution >= 4 is 41.0 Å². The van der Waals surface area contributed by atoms with Gasteiger partial charge in [-0.3, -0.25) is 15.0 Å². The quantitative estimate of drug-likeness (QED) is 0.131. The van der Waals surface area contributed by atoms with Gasteiger partial charge in [0.25, 0.3) is 5.69 Å². The summed E-state index contributed by atoms with van der Waals surface area (Å²) in [6.07, 6.45) is -0.717. The van der Waals surface area contributed by atoms with Gasteiger partial charge in [0.1, 0.15) is 0 Å². The van der Waals surface area contributed by atoms with Crippen LogP contribution < -0.4 is 9.97 Å². The van der Waals surface area contributed by atoms with Crippen LogP contribution in [-0.4, -0.2) is 57.7 Å². The first-order valence-corrected chi connectivity index (χ1v) is 11.2. The Morgan fingerprint density at radius 1 is 1.14 bits per heavy atom. The van der Waals surface area contributed by atoms with E-state index in [9.17, 15) is 24.4 Å². The third-order valence-corrected chi connectivity index (χ3v) is 5.31. The van der Waals surface area contributed by atoms with Gasteiger partial charge < -0.3 is 14.6 Å². The van der Waals surface area contributed by atoms with Gasteiger partial charge in [-0.25, -0.2) is 9.80 Å². The number of nitrogens with zero attached hydrogens (tertiary/aromatic N) is 2. The zero-order chi connectivity index (χ0) is 26.2. The number of hydrogen-bond donors (Lipinski definition) is 4. The van der Waals surface area contributed by atoms with E-state index in [4.69, 9.17) is 27.9 Å². The highest BCUT2D eigenvalue weighted by Gasteiger charge is 2.24. The average Bonchev–Trinajstić information content (AvgIpc) is 3.27. The molecule has 0 aliphatic rings. The normalized spacial score (nSPS) is 11.7. The van der Waals surface area contributed by atoms with Gasteiger partial charge in [0.2, 0.25) is 13.0 Å². The number of carbonyl (C=O) groups is 3. The van der Waals surface area contributed by atoms with Crippen LogP contribution in [0.15, 0.2) is 48.7 Å². The molecule has 1 aromatic heterocycles. The van der Waals surface area contributed by atoms with E-state index in [-0.39, 0.29) is 18.8 Å². The Bertz CT molecular complexity index is 1290. The smallest absolute Gasteiger partial charge is 0.339 e. The van der Waals surface area contributed by atoms with Crippen LogP contribution in [0.3, 0.4) is 0 Å². The van der Waals surface area contributed by atoms with Crippen LogP contribution in [0.5, 0.6) is 0 Å². The molecule has 0 aliphatic carbocycles. The molecule has 14 heteroatoms. The fourth-order valence-corrected chi connectivity index (χ4v) is 3.44. The largest absolute Gasteiger partial charge is 0.428 e. The molecule has 190 valence electrons. The lowest BCUT2D eigenvalue weighted by Gasteiger charge is -2.24. The molecule has 0 saturated carbocycles. The van der Waals surface area contributed by atoms with Gasteiger partial charge >= 0.3 is 17.8 Å². The van der Waals surface area contributed by atoms with Crippen LogP contribution in [-0.2, 0) is 25.6 Å². The third-order valence-electron chi connectivity index (χ3n) is 4.75. The molecule has 3 aromatic rings. The summed E-state index contributed by atoms with van der Waals surface area (Å²) in [4.78, 5) is 46.6. The zero-order valence-electron chi connectivity index (χ0n) is 18.9. The van der Waals surface area contributed by atoms with Crippen molar-refractivity contribution in [2.75, 3.05) is 13.3 Å². The lowest BCUT2D eigenvalue weighted by Crippen LogP contribution is -2.47. The number of H-pyrrole nitrogens is 2. The molecule has 0 radical (unpaired) electrons. The predicted octanol–water partition coefficient (Wildman–Crippen LogP) is 1.80. The summed E-state index contributed by atoms with van der Waals surface area (Å²) >= 11 is 12.3. The van der Waals surface area contributed by atoms with Crippen LogP contribution in [0.1, 0.15) is 23.0 Å². The number of aromatic nitrogens is 3. The number of aromatic amines is 2. The Balaban J connectivity index is 1.74. The van der Waals surface area contributed by atoms with Crippen LogP contribution in [0.4, 0.5) is 0 Å². The maximum atomic E-state index is 12.5. The number of esters is 2. The standard InChI is InChI=1S/C22H21Cl2N5O7/c1-13(30)35-12-36-22(33)20(31)11-28(26-21(32)19-10-29(34)27-25-19)9-14-2-4-15(5-3-14)17-8-16(23)6-7-18(17)24/h2-8,10,20,31H,9,11-12H2,1H3,(H2-,25,26,27,32,34)/p+1/t20-/m1/s1. The van der Waals surface area contributed by atoms with E-state index in [0.29, 0.717) is 20.2 Å². The second-order valence-corrected chi connectivity index (χ2v) is 8.32. The topological polar surface area (TPSA) is 160 Å². The highest BCUT2D eigenvalue weighted by Crippen LogP contribution is 2.30. The fraction of sp³-hybridized carbons (Fsp3) is 0.227. The van der Waals surface area contributed by atoms with Gasteiger partial charge in [0.15, 0.2) is 6.10 Å². The van der Waals surface area contributed by atoms with Gasteiger partial charge in [-0.2, -0.15) is 5.10 Å². The van der Waals surface area contributed by atoms with E-state index in [1.807, 2.05) is 0 Å². The minimum absolute atomic E-state index is 0.0609. The van der Waals surface area contributed by atoms with Crippen molar-refractivity contribution in [2.45, 2.75) is 19.6 Å². The molecule has 36 heavy (non-hydrogen) atoms. The van der Waals surface area contributed by atoms with Crippen molar-refractivity contribution in [3.05, 3.63) is 74.9 Å². The summed E-state index contributed by atoms with van der Waals surface area (Å²) in [7, 11) is 0. The zero-order valence-corrected chi connectivity index (χ0v) is 20.4. The summed E-state index contributed by atoms with van der Waals surface area (Å²) in [5.41, 5.74) is 4.67. The fourth-order valence-electron chi connectivity index (χ4n) is 3.04. The molecule has 1 atom stereocenters. The minimum atomic E-state index is -1.69. The predicted molar refractivity (Wildman–Crippen MR) is 127 cm³/mol. The van der Waals surface area contributed by atoms with Crippen molar-refractivity contribution in [1.29, 1.82) is 0 Å². The number of nitrogens with one attached hydrogen (secondary N) is 3. The van der Waals surface area contributed by atoms with Crippen molar-refractivity contribution in [1.82, 2.24) is 20.7 Å². The molecule has 1 amide bonds. The van der Waals surface area contributed by atoms with Gasteiger partial charge in [-0.1, -0.05) is 52.7 Å². The van der Waals surface area contributed by atoms with Crippen molar-refractivity contribution in [3.63, 3.8) is 0 Å². The number of rotatable bonds is 10. The lowest BCUT2D eigenvalue weighted by atomic mass is 10.0. The van der Waals surface area contributed by atoms with E-state index in [1.54, 1.807) is 42.5 Å². The SMILES string of the molecule is CC(=O)OCOC(=O)[C@H](O)CN(Cc1ccc(-c2cc(Cl)ccc2Cl)cc1)NC(=O)c1c[n+](=O)[nH][nH]1. The number of hydrazine groups is 1. The lowest BCUT2D eigenvalue weighted by molar-refractivity contribution is -0.564. The van der Waals surface area contributed by atoms with Crippen LogP contribution in [0, 0.1) is 4.91 Å². The highest BCUT2D eigenvalue weighted by molar-refractivity contribution is 6.35. The summed E-state index contributed by atoms with van der Waals surface area (Å²) in [6.45, 7) is 0.156. The maximum Gasteiger partial charge on any atom is 0.339 e. The number of carbonyl (C=O) groups excluding carboxylic acids is 3. The van der Waals surface area contributed by atoms with Crippen LogP contribution in [0.25, 0.3) is 11.1 Å². The van der Waals surface area contributed by atoms with Crippen LogP contribution in [0.2, 0.25) is 10.0 Å². The number of aliphatic hydroxyl groups is 1. The first-order chi connectivity index (χ1) is 17.1. The Morgan fingerprint density at radius 3 is 2.50 bits per heavy atom. The van der Waals surface area contributed by atoms with E-state index in [0.717, 1.165) is 24.2 Å². The molecule has 1 heterocycles. The Hall–Kier alpha value is -3.71. The molecule has 0 bridgehead atoms. The van der Waals surface area contributed by atoms with E-state index >= 15 is 0 Å². The number of amides is 1. The Labute approximate surface area is 214 Å². The van der Waals surface area contributed by atoms with Gasteiger partial charge in [-0.15, -0.1) is 0 Å². The molecule has 0 fully saturated rings. The minimum Gasteiger partial charge on any atom is -0.428 e. The summed E-state index contributed by atoms with van der Waals surface area (Å²) < 4.78 is 9.50. The molecule has 0 saturated heterocycles. The number of halogens is 2. The molecular weight excluding hydrogens is 517 g/mol. The molecule has 3 rings (SSSR count). The van der Waals surface area contributed by atoms with Crippen LogP contribution >= 0.6 is 23.2 Å². The molecule has 0 spiro atoms. The second kappa shape index (κ2) is 12.3. The number of hydrogen-bond acceptors (Lipinski definition) is 8. The van der Waals surface area contributed by atoms with Crippen molar-refractivity contribution in [3.8, 4) is 11.1 Å². The van der Waals surface area contributed by atoms with E-state index in [1.165, 1.54) is 5.01 Å². The summed E-state index contributed by atoms with van der Waals surface area (Å²) in [5, 5.41) is 17.1. The van der Waals surface area contributed by atoms with Gasteiger partial charge in [0, 0.05) is 29.1 Å². The second-order valence-electron chi connectivity index (χ2n) is 7.48. The number of ether oxygens (including phenoxy) is 2. The van der Waals surface area contributed by atoms with Gasteiger partial charge in [0.05, 0.1) is 11.1 Å². The van der Waals surface area contributed by atoms with E-state index < -0.39 is 30.7 Å². The summed E-state index contributed by atoms with van der Waals surface area (Å²) in [6, 6.07) is 12.3. The third kappa shape index (κ3) is 7.65. The Morgan fingerprint density at radius 2 is 1.86 bits per heavy atom. The number of aliphatic hydroxyl groups excluding tert-OH is 1. The average molecular weight is 539 g/mol. The maximum absolute atomic E-state index is 12.5. The number of benzene rings is 2.